The average Bonchev–Trinajstić information content (AvgIpc) is 3.62. The van der Waals surface area contributed by atoms with Gasteiger partial charge in [-0.2, -0.15) is 0 Å². The molecule has 10 nitrogen and oxygen atoms in total. The first-order chi connectivity index (χ1) is 16.2. The molecule has 2 aromatic rings. The van der Waals surface area contributed by atoms with E-state index in [1.54, 1.807) is 6.92 Å². The predicted molar refractivity (Wildman–Crippen MR) is 122 cm³/mol. The van der Waals surface area contributed by atoms with E-state index >= 15 is 0 Å². The van der Waals surface area contributed by atoms with Crippen molar-refractivity contribution in [2.45, 2.75) is 61.1 Å². The summed E-state index contributed by atoms with van der Waals surface area (Å²) in [6.07, 6.45) is 1.45. The molecule has 1 amide bonds. The molecule has 3 N–H and O–H groups in total. The van der Waals surface area contributed by atoms with E-state index in [-0.39, 0.29) is 22.2 Å². The fourth-order valence-corrected chi connectivity index (χ4v) is 6.31. The van der Waals surface area contributed by atoms with Gasteiger partial charge in [0.1, 0.15) is 0 Å². The number of sulfone groups is 1. The zero-order valence-electron chi connectivity index (χ0n) is 18.5. The molecular weight excluding hydrogens is 484 g/mol. The Morgan fingerprint density at radius 3 is 2.38 bits per heavy atom. The second-order valence-corrected chi connectivity index (χ2v) is 11.8. The molecule has 0 radical (unpaired) electrons. The van der Waals surface area contributed by atoms with Crippen molar-refractivity contribution in [3.63, 3.8) is 0 Å². The fourth-order valence-electron chi connectivity index (χ4n) is 3.83. The van der Waals surface area contributed by atoms with Gasteiger partial charge in [-0.25, -0.2) is 18.2 Å². The summed E-state index contributed by atoms with van der Waals surface area (Å²) in [5, 5.41) is 21.9. The molecule has 1 saturated carbocycles. The highest BCUT2D eigenvalue weighted by molar-refractivity contribution is 7.92. The van der Waals surface area contributed by atoms with Crippen molar-refractivity contribution in [1.82, 2.24) is 4.98 Å². The van der Waals surface area contributed by atoms with Gasteiger partial charge in [-0.3, -0.25) is 10.1 Å². The molecule has 12 heteroatoms. The van der Waals surface area contributed by atoms with Crippen LogP contribution in [0.5, 0.6) is 0 Å². The van der Waals surface area contributed by atoms with Gasteiger partial charge >= 0.3 is 5.97 Å². The Bertz CT molecular complexity index is 1170. The maximum absolute atomic E-state index is 13.5. The second kappa shape index (κ2) is 9.70. The Kier molecular flexibility index (Phi) is 7.06. The van der Waals surface area contributed by atoms with E-state index in [1.165, 1.54) is 24.3 Å². The number of aryl methyl sites for hydroxylation is 1. The van der Waals surface area contributed by atoms with Gasteiger partial charge in [0.05, 0.1) is 28.6 Å². The molecule has 2 aliphatic rings. The summed E-state index contributed by atoms with van der Waals surface area (Å²) in [6, 6.07) is 5.26. The van der Waals surface area contributed by atoms with Gasteiger partial charge < -0.3 is 19.7 Å². The Morgan fingerprint density at radius 2 is 1.85 bits per heavy atom. The molecular formula is C22H26N2O8S2. The van der Waals surface area contributed by atoms with E-state index in [9.17, 15) is 28.2 Å². The molecule has 0 spiro atoms. The van der Waals surface area contributed by atoms with Gasteiger partial charge in [-0.1, -0.05) is 12.1 Å². The van der Waals surface area contributed by atoms with Gasteiger partial charge in [-0.05, 0) is 44.7 Å². The van der Waals surface area contributed by atoms with Gasteiger partial charge in [0.2, 0.25) is 0 Å². The molecule has 184 valence electrons. The van der Waals surface area contributed by atoms with Gasteiger partial charge in [-0.15, -0.1) is 11.3 Å². The predicted octanol–water partition coefficient (Wildman–Crippen LogP) is 1.99. The normalized spacial score (nSPS) is 18.9. The van der Waals surface area contributed by atoms with Crippen LogP contribution in [0.3, 0.4) is 0 Å². The van der Waals surface area contributed by atoms with Gasteiger partial charge in [0.25, 0.3) is 11.5 Å². The van der Waals surface area contributed by atoms with E-state index in [2.05, 4.69) is 10.3 Å². The first-order valence-corrected chi connectivity index (χ1v) is 13.3. The number of rotatable bonds is 9. The summed E-state index contributed by atoms with van der Waals surface area (Å²) in [4.78, 5) is 31.1. The molecule has 1 unspecified atom stereocenters. The largest absolute Gasteiger partial charge is 0.478 e. The minimum absolute atomic E-state index is 0.00519. The minimum atomic E-state index is -3.49. The molecule has 0 bridgehead atoms. The zero-order chi connectivity index (χ0) is 24.5. The van der Waals surface area contributed by atoms with E-state index in [4.69, 9.17) is 9.47 Å². The number of ether oxygens (including phenoxy) is 2. The highest BCUT2D eigenvalue weighted by Crippen LogP contribution is 2.37. The molecule has 2 heterocycles. The van der Waals surface area contributed by atoms with Crippen LogP contribution in [-0.2, 0) is 41.1 Å². The lowest BCUT2D eigenvalue weighted by Crippen LogP contribution is -2.52. The lowest BCUT2D eigenvalue weighted by atomic mass is 9.91. The lowest BCUT2D eigenvalue weighted by Gasteiger charge is -2.34. The van der Waals surface area contributed by atoms with Crippen LogP contribution >= 0.6 is 11.3 Å². The maximum Gasteiger partial charge on any atom is 0.350 e. The number of carboxylic acid groups (broad SMARTS) is 1. The third-order valence-electron chi connectivity index (χ3n) is 5.95. The van der Waals surface area contributed by atoms with Crippen molar-refractivity contribution < 1.29 is 37.7 Å². The number of nitrogens with zero attached hydrogens (tertiary/aromatic N) is 1. The van der Waals surface area contributed by atoms with Crippen molar-refractivity contribution >= 4 is 38.2 Å². The van der Waals surface area contributed by atoms with Crippen LogP contribution < -0.4 is 5.32 Å². The van der Waals surface area contributed by atoms with Crippen molar-refractivity contribution in [2.24, 2.45) is 0 Å². The van der Waals surface area contributed by atoms with E-state index in [0.29, 0.717) is 49.5 Å². The number of thiazole rings is 1. The molecule has 2 fully saturated rings. The van der Waals surface area contributed by atoms with Crippen LogP contribution in [-0.4, -0.2) is 60.1 Å². The number of aliphatic carboxylic acids is 1. The number of carbonyl (C=O) groups excluding carboxylic acids is 1. The summed E-state index contributed by atoms with van der Waals surface area (Å²) in [5.74, 6) is -2.51. The number of aromatic nitrogens is 1. The molecule has 1 aromatic heterocycles. The number of carboxylic acids is 1. The van der Waals surface area contributed by atoms with E-state index in [1.807, 2.05) is 0 Å². The number of aliphatic hydroxyl groups excluding tert-OH is 1. The van der Waals surface area contributed by atoms with E-state index < -0.39 is 38.7 Å². The van der Waals surface area contributed by atoms with Crippen LogP contribution in [0.25, 0.3) is 0 Å². The maximum atomic E-state index is 13.5. The number of amides is 1. The summed E-state index contributed by atoms with van der Waals surface area (Å²) < 4.78 is 36.5. The number of carbonyl (C=O) groups is 2. The molecule has 34 heavy (non-hydrogen) atoms. The van der Waals surface area contributed by atoms with Gasteiger partial charge in [0, 0.05) is 23.7 Å². The highest BCUT2D eigenvalue weighted by Gasteiger charge is 2.52. The monoisotopic (exact) mass is 510 g/mol. The average molecular weight is 511 g/mol. The number of anilines is 1. The fraction of sp³-hybridized carbons (Fsp3) is 0.500. The first kappa shape index (κ1) is 24.7. The Hall–Kier alpha value is -2.38. The zero-order valence-corrected chi connectivity index (χ0v) is 20.2. The molecule has 1 aliphatic heterocycles. The third kappa shape index (κ3) is 4.73. The number of aliphatic hydroxyl groups is 1. The molecule has 1 aromatic carbocycles. The SMILES string of the molecule is Cc1sc(NC(=O)C(OC2CCOCC2)(C(=O)O)c2ccc(S(=O)(=O)C3CC3)cc2)nc1CO. The van der Waals surface area contributed by atoms with Crippen LogP contribution in [0, 0.1) is 6.92 Å². The molecule has 1 saturated heterocycles. The van der Waals surface area contributed by atoms with Crippen molar-refractivity contribution in [1.29, 1.82) is 0 Å². The Balaban J connectivity index is 1.72. The van der Waals surface area contributed by atoms with Crippen molar-refractivity contribution in [3.8, 4) is 0 Å². The first-order valence-electron chi connectivity index (χ1n) is 10.9. The summed E-state index contributed by atoms with van der Waals surface area (Å²) >= 11 is 1.10. The minimum Gasteiger partial charge on any atom is -0.478 e. The van der Waals surface area contributed by atoms with Crippen LogP contribution in [0.4, 0.5) is 5.13 Å². The summed E-state index contributed by atoms with van der Waals surface area (Å²) in [6.45, 7) is 2.14. The Morgan fingerprint density at radius 1 is 1.21 bits per heavy atom. The highest BCUT2D eigenvalue weighted by atomic mass is 32.2. The van der Waals surface area contributed by atoms with Crippen LogP contribution in [0.1, 0.15) is 41.8 Å². The quantitative estimate of drug-likeness (QED) is 0.430. The summed E-state index contributed by atoms with van der Waals surface area (Å²) in [5.41, 5.74) is -2.07. The smallest absolute Gasteiger partial charge is 0.350 e. The number of hydrogen-bond donors (Lipinski definition) is 3. The number of nitrogens with one attached hydrogen (secondary N) is 1. The lowest BCUT2D eigenvalue weighted by molar-refractivity contribution is -0.186. The topological polar surface area (TPSA) is 152 Å². The standard InChI is InChI=1S/C22H26N2O8S2/c1-13-18(12-25)23-21(33-13)24-19(26)22(20(27)28,32-15-8-10-31-11-9-15)14-2-4-16(5-3-14)34(29,30)17-6-7-17/h2-5,15,17,25H,6-12H2,1H3,(H,27,28)(H,23,24,26). The molecule has 1 atom stereocenters. The van der Waals surface area contributed by atoms with Crippen molar-refractivity contribution in [2.75, 3.05) is 18.5 Å². The molecule has 4 rings (SSSR count). The summed E-state index contributed by atoms with van der Waals surface area (Å²) in [7, 11) is -3.49. The van der Waals surface area contributed by atoms with E-state index in [0.717, 1.165) is 11.3 Å². The van der Waals surface area contributed by atoms with Gasteiger partial charge in [0.15, 0.2) is 15.0 Å². The third-order valence-corrected chi connectivity index (χ3v) is 9.15. The van der Waals surface area contributed by atoms with Crippen LogP contribution in [0.15, 0.2) is 29.2 Å². The molecule has 1 aliphatic carbocycles. The van der Waals surface area contributed by atoms with Crippen molar-refractivity contribution in [3.05, 3.63) is 40.4 Å². The number of benzene rings is 1. The number of hydrogen-bond acceptors (Lipinski definition) is 9. The Labute approximate surface area is 200 Å². The van der Waals surface area contributed by atoms with Crippen LogP contribution in [0.2, 0.25) is 0 Å². The second-order valence-electron chi connectivity index (χ2n) is 8.32.